The van der Waals surface area contributed by atoms with Crippen LogP contribution in [0.1, 0.15) is 13.3 Å². The summed E-state index contributed by atoms with van der Waals surface area (Å²) in [5.74, 6) is 0. The second kappa shape index (κ2) is 7.33. The molecule has 110 valence electrons. The van der Waals surface area contributed by atoms with E-state index in [0.717, 1.165) is 28.9 Å². The standard InChI is InChI=1S/C17H20N2O2/c1-3-11-21-17(20)19-16-10-9-14(18-2)12-15(16)13-7-5-4-6-8-13/h4-10,12,18H,3,11H2,1-2H3,(H,19,20). The van der Waals surface area contributed by atoms with Crippen LogP contribution >= 0.6 is 0 Å². The molecule has 0 spiro atoms. The van der Waals surface area contributed by atoms with E-state index in [2.05, 4.69) is 10.6 Å². The molecule has 1 amide bonds. The Bertz CT molecular complexity index is 597. The minimum absolute atomic E-state index is 0.418. The molecular formula is C17H20N2O2. The summed E-state index contributed by atoms with van der Waals surface area (Å²) in [6.45, 7) is 2.38. The smallest absolute Gasteiger partial charge is 0.411 e. The summed E-state index contributed by atoms with van der Waals surface area (Å²) >= 11 is 0. The largest absolute Gasteiger partial charge is 0.449 e. The first-order valence-corrected chi connectivity index (χ1v) is 7.05. The first-order valence-electron chi connectivity index (χ1n) is 7.05. The third-order valence-electron chi connectivity index (χ3n) is 3.07. The van der Waals surface area contributed by atoms with Crippen molar-refractivity contribution in [2.24, 2.45) is 0 Å². The second-order valence-electron chi connectivity index (χ2n) is 4.64. The van der Waals surface area contributed by atoms with Crippen molar-refractivity contribution < 1.29 is 9.53 Å². The number of carbonyl (C=O) groups excluding carboxylic acids is 1. The van der Waals surface area contributed by atoms with Crippen molar-refractivity contribution in [1.29, 1.82) is 0 Å². The van der Waals surface area contributed by atoms with Crippen LogP contribution in [0.5, 0.6) is 0 Å². The molecule has 2 aromatic carbocycles. The fourth-order valence-corrected chi connectivity index (χ4v) is 2.01. The van der Waals surface area contributed by atoms with E-state index in [1.165, 1.54) is 0 Å². The molecule has 0 fully saturated rings. The zero-order valence-electron chi connectivity index (χ0n) is 12.3. The van der Waals surface area contributed by atoms with E-state index in [1.54, 1.807) is 0 Å². The van der Waals surface area contributed by atoms with Gasteiger partial charge in [0.15, 0.2) is 0 Å². The first kappa shape index (κ1) is 14.9. The summed E-state index contributed by atoms with van der Waals surface area (Å²) < 4.78 is 5.08. The number of nitrogens with one attached hydrogen (secondary N) is 2. The van der Waals surface area contributed by atoms with Crippen LogP contribution < -0.4 is 10.6 Å². The third-order valence-corrected chi connectivity index (χ3v) is 3.07. The number of hydrogen-bond donors (Lipinski definition) is 2. The van der Waals surface area contributed by atoms with E-state index >= 15 is 0 Å². The highest BCUT2D eigenvalue weighted by molar-refractivity contribution is 5.92. The van der Waals surface area contributed by atoms with Crippen LogP contribution in [0.4, 0.5) is 16.2 Å². The van der Waals surface area contributed by atoms with Gasteiger partial charge in [0.05, 0.1) is 12.3 Å². The number of hydrogen-bond acceptors (Lipinski definition) is 3. The molecule has 4 heteroatoms. The Morgan fingerprint density at radius 1 is 1.14 bits per heavy atom. The van der Waals surface area contributed by atoms with Crippen LogP contribution in [0.2, 0.25) is 0 Å². The Morgan fingerprint density at radius 2 is 1.90 bits per heavy atom. The van der Waals surface area contributed by atoms with Gasteiger partial charge in [-0.25, -0.2) is 4.79 Å². The monoisotopic (exact) mass is 284 g/mol. The molecule has 2 N–H and O–H groups in total. The lowest BCUT2D eigenvalue weighted by Crippen LogP contribution is -2.14. The minimum Gasteiger partial charge on any atom is -0.449 e. The van der Waals surface area contributed by atoms with Crippen molar-refractivity contribution >= 4 is 17.5 Å². The van der Waals surface area contributed by atoms with Crippen LogP contribution in [-0.4, -0.2) is 19.7 Å². The Hall–Kier alpha value is -2.49. The number of carbonyl (C=O) groups is 1. The maximum atomic E-state index is 11.8. The fraction of sp³-hybridized carbons (Fsp3) is 0.235. The van der Waals surface area contributed by atoms with Gasteiger partial charge < -0.3 is 10.1 Å². The van der Waals surface area contributed by atoms with Gasteiger partial charge in [-0.1, -0.05) is 37.3 Å². The van der Waals surface area contributed by atoms with E-state index in [9.17, 15) is 4.79 Å². The SMILES string of the molecule is CCCOC(=O)Nc1ccc(NC)cc1-c1ccccc1. The van der Waals surface area contributed by atoms with E-state index < -0.39 is 6.09 Å². The highest BCUT2D eigenvalue weighted by atomic mass is 16.5. The molecule has 0 unspecified atom stereocenters. The summed E-state index contributed by atoms with van der Waals surface area (Å²) in [4.78, 5) is 11.8. The molecular weight excluding hydrogens is 264 g/mol. The van der Waals surface area contributed by atoms with Gasteiger partial charge in [0, 0.05) is 18.3 Å². The third kappa shape index (κ3) is 3.99. The van der Waals surface area contributed by atoms with Crippen LogP contribution in [0, 0.1) is 0 Å². The number of amides is 1. The highest BCUT2D eigenvalue weighted by Gasteiger charge is 2.10. The number of benzene rings is 2. The normalized spacial score (nSPS) is 10.0. The van der Waals surface area contributed by atoms with Gasteiger partial charge in [-0.2, -0.15) is 0 Å². The molecule has 4 nitrogen and oxygen atoms in total. The lowest BCUT2D eigenvalue weighted by Gasteiger charge is -2.13. The number of ether oxygens (including phenoxy) is 1. The van der Waals surface area contributed by atoms with Crippen LogP contribution in [-0.2, 0) is 4.74 Å². The molecule has 2 aromatic rings. The van der Waals surface area contributed by atoms with Gasteiger partial charge in [0.25, 0.3) is 0 Å². The van der Waals surface area contributed by atoms with Crippen molar-refractivity contribution in [1.82, 2.24) is 0 Å². The van der Waals surface area contributed by atoms with Gasteiger partial charge in [-0.3, -0.25) is 5.32 Å². The average Bonchev–Trinajstić information content (AvgIpc) is 2.54. The molecule has 0 heterocycles. The molecule has 0 aromatic heterocycles. The van der Waals surface area contributed by atoms with Crippen LogP contribution in [0.25, 0.3) is 11.1 Å². The highest BCUT2D eigenvalue weighted by Crippen LogP contribution is 2.30. The van der Waals surface area contributed by atoms with Crippen molar-refractivity contribution in [3.8, 4) is 11.1 Å². The summed E-state index contributed by atoms with van der Waals surface area (Å²) in [7, 11) is 1.87. The fourth-order valence-electron chi connectivity index (χ4n) is 2.01. The molecule has 0 radical (unpaired) electrons. The Kier molecular flexibility index (Phi) is 5.21. The summed E-state index contributed by atoms with van der Waals surface area (Å²) in [6.07, 6.45) is 0.378. The molecule has 21 heavy (non-hydrogen) atoms. The molecule has 0 saturated heterocycles. The van der Waals surface area contributed by atoms with E-state index in [4.69, 9.17) is 4.74 Å². The topological polar surface area (TPSA) is 50.4 Å². The predicted molar refractivity (Wildman–Crippen MR) is 86.7 cm³/mol. The summed E-state index contributed by atoms with van der Waals surface area (Å²) in [6, 6.07) is 15.7. The Balaban J connectivity index is 2.30. The lowest BCUT2D eigenvalue weighted by atomic mass is 10.0. The predicted octanol–water partition coefficient (Wildman–Crippen LogP) is 4.35. The molecule has 0 aliphatic carbocycles. The summed E-state index contributed by atoms with van der Waals surface area (Å²) in [5.41, 5.74) is 3.72. The second-order valence-corrected chi connectivity index (χ2v) is 4.64. The first-order chi connectivity index (χ1) is 10.2. The van der Waals surface area contributed by atoms with Crippen LogP contribution in [0.15, 0.2) is 48.5 Å². The molecule has 0 bridgehead atoms. The van der Waals surface area contributed by atoms with Gasteiger partial charge in [-0.05, 0) is 30.2 Å². The Morgan fingerprint density at radius 3 is 2.57 bits per heavy atom. The number of anilines is 2. The van der Waals surface area contributed by atoms with Gasteiger partial charge in [0.1, 0.15) is 0 Å². The Labute approximate surface area is 125 Å². The molecule has 0 aliphatic rings. The zero-order valence-corrected chi connectivity index (χ0v) is 12.3. The quantitative estimate of drug-likeness (QED) is 0.858. The van der Waals surface area contributed by atoms with Crippen LogP contribution in [0.3, 0.4) is 0 Å². The minimum atomic E-state index is -0.425. The average molecular weight is 284 g/mol. The van der Waals surface area contributed by atoms with Gasteiger partial charge in [-0.15, -0.1) is 0 Å². The lowest BCUT2D eigenvalue weighted by molar-refractivity contribution is 0.161. The van der Waals surface area contributed by atoms with Gasteiger partial charge in [0.2, 0.25) is 0 Å². The van der Waals surface area contributed by atoms with Gasteiger partial charge >= 0.3 is 6.09 Å². The number of rotatable bonds is 5. The van der Waals surface area contributed by atoms with Crippen molar-refractivity contribution in [2.75, 3.05) is 24.3 Å². The van der Waals surface area contributed by atoms with Crippen molar-refractivity contribution in [2.45, 2.75) is 13.3 Å². The molecule has 0 atom stereocenters. The van der Waals surface area contributed by atoms with E-state index in [0.29, 0.717) is 6.61 Å². The van der Waals surface area contributed by atoms with E-state index in [1.807, 2.05) is 62.5 Å². The van der Waals surface area contributed by atoms with Crippen molar-refractivity contribution in [3.05, 3.63) is 48.5 Å². The molecule has 2 rings (SSSR count). The summed E-state index contributed by atoms with van der Waals surface area (Å²) in [5, 5.41) is 5.91. The molecule has 0 saturated carbocycles. The maximum Gasteiger partial charge on any atom is 0.411 e. The van der Waals surface area contributed by atoms with Crippen molar-refractivity contribution in [3.63, 3.8) is 0 Å². The zero-order chi connectivity index (χ0) is 15.1. The maximum absolute atomic E-state index is 11.8. The van der Waals surface area contributed by atoms with E-state index in [-0.39, 0.29) is 0 Å². The molecule has 0 aliphatic heterocycles.